The van der Waals surface area contributed by atoms with Crippen LogP contribution >= 0.6 is 11.6 Å². The van der Waals surface area contributed by atoms with E-state index in [9.17, 15) is 9.90 Å². The molecular weight excluding hydrogens is 548 g/mol. The van der Waals surface area contributed by atoms with Gasteiger partial charge in [0.05, 0.1) is 22.8 Å². The number of carbonyl (C=O) groups is 1. The average Bonchev–Trinajstić information content (AvgIpc) is 3.45. The predicted molar refractivity (Wildman–Crippen MR) is 169 cm³/mol. The third kappa shape index (κ3) is 5.05. The van der Waals surface area contributed by atoms with E-state index in [1.807, 2.05) is 52.7 Å². The molecule has 8 heteroatoms. The highest BCUT2D eigenvalue weighted by Crippen LogP contribution is 2.43. The molecule has 3 aromatic carbocycles. The van der Waals surface area contributed by atoms with E-state index in [2.05, 4.69) is 37.1 Å². The molecule has 1 N–H and O–H groups in total. The number of nitrogens with zero attached hydrogens (tertiary/aromatic N) is 4. The average molecular weight is 585 g/mol. The number of carboxylic acids is 1. The van der Waals surface area contributed by atoms with Crippen molar-refractivity contribution in [3.8, 4) is 16.9 Å². The molecule has 3 heterocycles. The van der Waals surface area contributed by atoms with Crippen molar-refractivity contribution in [2.24, 2.45) is 7.05 Å². The van der Waals surface area contributed by atoms with Crippen LogP contribution in [0.3, 0.4) is 0 Å². The second-order valence-electron chi connectivity index (χ2n) is 11.2. The number of aryl methyl sites for hydroxylation is 3. The Morgan fingerprint density at radius 3 is 2.60 bits per heavy atom. The van der Waals surface area contributed by atoms with Crippen LogP contribution in [-0.4, -0.2) is 50.5 Å². The highest BCUT2D eigenvalue weighted by molar-refractivity contribution is 6.35. The van der Waals surface area contributed by atoms with E-state index >= 15 is 0 Å². The third-order valence-corrected chi connectivity index (χ3v) is 8.79. The highest BCUT2D eigenvalue weighted by Gasteiger charge is 2.29. The molecule has 1 aliphatic rings. The summed E-state index contributed by atoms with van der Waals surface area (Å²) in [5.41, 5.74) is 6.10. The molecule has 0 saturated heterocycles. The minimum atomic E-state index is -0.910. The first-order valence-corrected chi connectivity index (χ1v) is 15.2. The quantitative estimate of drug-likeness (QED) is 0.203. The van der Waals surface area contributed by atoms with Gasteiger partial charge in [0, 0.05) is 47.7 Å². The standard InChI is InChI=1S/C34H37ClN4O3/c1-4-28-31-27(36-38(28)3)21-37(2)18-7-8-19-39-32-25(16-17-26(35)30(31)32)24(33(39)34(40)41)14-10-20-42-29-15-9-12-22-11-5-6-13-23(22)29/h5-6,9,11-13,15-17H,4,7-8,10,14,18-21H2,1-3H3,(H,40,41). The first-order chi connectivity index (χ1) is 20.4. The third-order valence-electron chi connectivity index (χ3n) is 8.47. The minimum absolute atomic E-state index is 0.356. The van der Waals surface area contributed by atoms with Crippen LogP contribution in [0.1, 0.15) is 53.6 Å². The lowest BCUT2D eigenvalue weighted by molar-refractivity contribution is 0.0684. The van der Waals surface area contributed by atoms with Crippen molar-refractivity contribution in [3.05, 3.63) is 82.3 Å². The number of ether oxygens (including phenoxy) is 1. The maximum Gasteiger partial charge on any atom is 0.352 e. The van der Waals surface area contributed by atoms with E-state index in [1.165, 1.54) is 0 Å². The number of carboxylic acid groups (broad SMARTS) is 1. The topological polar surface area (TPSA) is 72.5 Å². The zero-order chi connectivity index (χ0) is 29.4. The van der Waals surface area contributed by atoms with Crippen molar-refractivity contribution < 1.29 is 14.6 Å². The predicted octanol–water partition coefficient (Wildman–Crippen LogP) is 7.35. The van der Waals surface area contributed by atoms with Gasteiger partial charge in [-0.15, -0.1) is 0 Å². The van der Waals surface area contributed by atoms with Crippen LogP contribution in [-0.2, 0) is 33.0 Å². The van der Waals surface area contributed by atoms with Crippen LogP contribution < -0.4 is 4.74 Å². The Hall–Kier alpha value is -3.81. The SMILES string of the molecule is CCc1c2c(nn1C)CN(C)CCCCn1c(C(=O)O)c(CCCOc3cccc4ccccc34)c3ccc(Cl)c-2c31. The second-order valence-corrected chi connectivity index (χ2v) is 11.6. The lowest BCUT2D eigenvalue weighted by atomic mass is 9.97. The molecule has 0 fully saturated rings. The van der Waals surface area contributed by atoms with Gasteiger partial charge in [0.15, 0.2) is 0 Å². The molecule has 2 aromatic heterocycles. The van der Waals surface area contributed by atoms with Crippen molar-refractivity contribution in [2.45, 2.75) is 52.1 Å². The summed E-state index contributed by atoms with van der Waals surface area (Å²) in [6, 6.07) is 18.2. The van der Waals surface area contributed by atoms with Crippen molar-refractivity contribution in [3.63, 3.8) is 0 Å². The zero-order valence-electron chi connectivity index (χ0n) is 24.5. The minimum Gasteiger partial charge on any atom is -0.493 e. The molecule has 0 amide bonds. The summed E-state index contributed by atoms with van der Waals surface area (Å²) in [6.45, 7) is 4.85. The monoisotopic (exact) mass is 584 g/mol. The molecule has 7 nitrogen and oxygen atoms in total. The van der Waals surface area contributed by atoms with Crippen LogP contribution in [0.15, 0.2) is 54.6 Å². The molecule has 0 radical (unpaired) electrons. The van der Waals surface area contributed by atoms with Gasteiger partial charge in [-0.3, -0.25) is 4.68 Å². The first kappa shape index (κ1) is 28.3. The Morgan fingerprint density at radius 1 is 1.00 bits per heavy atom. The van der Waals surface area contributed by atoms with E-state index in [1.54, 1.807) is 0 Å². The molecule has 0 bridgehead atoms. The largest absolute Gasteiger partial charge is 0.493 e. The van der Waals surface area contributed by atoms with Gasteiger partial charge in [0.25, 0.3) is 0 Å². The number of aromatic carboxylic acids is 1. The number of rotatable bonds is 7. The lowest BCUT2D eigenvalue weighted by Crippen LogP contribution is -2.20. The summed E-state index contributed by atoms with van der Waals surface area (Å²) >= 11 is 7.02. The maximum atomic E-state index is 12.9. The molecule has 1 aliphatic heterocycles. The number of benzene rings is 3. The van der Waals surface area contributed by atoms with Crippen LogP contribution in [0, 0.1) is 0 Å². The summed E-state index contributed by atoms with van der Waals surface area (Å²) in [5, 5.41) is 19.3. The van der Waals surface area contributed by atoms with E-state index in [0.717, 1.165) is 81.3 Å². The Balaban J connectivity index is 1.44. The van der Waals surface area contributed by atoms with Crippen molar-refractivity contribution in [1.82, 2.24) is 19.2 Å². The molecule has 0 unspecified atom stereocenters. The maximum absolute atomic E-state index is 12.9. The number of fused-ring (bicyclic) bond motifs is 3. The molecule has 5 aromatic rings. The smallest absolute Gasteiger partial charge is 0.352 e. The van der Waals surface area contributed by atoms with Gasteiger partial charge in [-0.25, -0.2) is 4.79 Å². The Bertz CT molecular complexity index is 1780. The van der Waals surface area contributed by atoms with Crippen LogP contribution in [0.25, 0.3) is 32.8 Å². The number of aromatic nitrogens is 3. The number of hydrogen-bond donors (Lipinski definition) is 1. The molecule has 0 aliphatic carbocycles. The van der Waals surface area contributed by atoms with Gasteiger partial charge in [-0.1, -0.05) is 61.0 Å². The zero-order valence-corrected chi connectivity index (χ0v) is 25.2. The fraction of sp³-hybridized carbons (Fsp3) is 0.353. The summed E-state index contributed by atoms with van der Waals surface area (Å²) in [4.78, 5) is 15.2. The molecule has 218 valence electrons. The van der Waals surface area contributed by atoms with Crippen molar-refractivity contribution in [2.75, 3.05) is 20.2 Å². The number of hydrogen-bond acceptors (Lipinski definition) is 4. The molecule has 42 heavy (non-hydrogen) atoms. The van der Waals surface area contributed by atoms with Crippen LogP contribution in [0.4, 0.5) is 0 Å². The summed E-state index contributed by atoms with van der Waals surface area (Å²) in [5.74, 6) is -0.0639. The van der Waals surface area contributed by atoms with E-state index in [-0.39, 0.29) is 0 Å². The van der Waals surface area contributed by atoms with E-state index in [4.69, 9.17) is 21.4 Å². The molecule has 6 rings (SSSR count). The van der Waals surface area contributed by atoms with Crippen LogP contribution in [0.5, 0.6) is 5.75 Å². The Morgan fingerprint density at radius 2 is 1.79 bits per heavy atom. The second kappa shape index (κ2) is 11.8. The molecule has 0 spiro atoms. The van der Waals surface area contributed by atoms with Gasteiger partial charge in [0.1, 0.15) is 11.4 Å². The van der Waals surface area contributed by atoms with Crippen LogP contribution in [0.2, 0.25) is 5.02 Å². The summed E-state index contributed by atoms with van der Waals surface area (Å²) in [7, 11) is 4.10. The number of halogens is 1. The first-order valence-electron chi connectivity index (χ1n) is 14.8. The van der Waals surface area contributed by atoms with Gasteiger partial charge in [-0.2, -0.15) is 5.10 Å². The molecule has 0 atom stereocenters. The van der Waals surface area contributed by atoms with Gasteiger partial charge in [-0.05, 0) is 68.8 Å². The highest BCUT2D eigenvalue weighted by atomic mass is 35.5. The van der Waals surface area contributed by atoms with E-state index < -0.39 is 5.97 Å². The molecular formula is C34H37ClN4O3. The summed E-state index contributed by atoms with van der Waals surface area (Å²) in [6.07, 6.45) is 3.89. The fourth-order valence-corrected chi connectivity index (χ4v) is 6.86. The summed E-state index contributed by atoms with van der Waals surface area (Å²) < 4.78 is 10.2. The Labute approximate surface area is 251 Å². The van der Waals surface area contributed by atoms with E-state index in [0.29, 0.717) is 43.3 Å². The fourth-order valence-electron chi connectivity index (χ4n) is 6.62. The van der Waals surface area contributed by atoms with Crippen molar-refractivity contribution in [1.29, 1.82) is 0 Å². The van der Waals surface area contributed by atoms with Gasteiger partial charge < -0.3 is 19.3 Å². The van der Waals surface area contributed by atoms with Gasteiger partial charge >= 0.3 is 5.97 Å². The van der Waals surface area contributed by atoms with Gasteiger partial charge in [0.2, 0.25) is 0 Å². The molecule has 0 saturated carbocycles. The Kier molecular flexibility index (Phi) is 7.97. The lowest BCUT2D eigenvalue weighted by Gasteiger charge is -2.16. The normalized spacial score (nSPS) is 14.2. The van der Waals surface area contributed by atoms with Crippen molar-refractivity contribution >= 4 is 39.2 Å².